The number of hydrogen-bond acceptors (Lipinski definition) is 8. The molecule has 0 saturated carbocycles. The summed E-state index contributed by atoms with van der Waals surface area (Å²) in [4.78, 5) is 13.0. The zero-order chi connectivity index (χ0) is 29.0. The fourth-order valence-corrected chi connectivity index (χ4v) is 8.47. The van der Waals surface area contributed by atoms with Crippen LogP contribution in [0, 0.1) is 0 Å². The van der Waals surface area contributed by atoms with Crippen molar-refractivity contribution in [3.05, 3.63) is 48.3 Å². The molecule has 1 atom stereocenters. The second kappa shape index (κ2) is 13.2. The molecule has 0 bridgehead atoms. The molecule has 0 spiro atoms. The Balaban J connectivity index is 1.49. The third kappa shape index (κ3) is 7.08. The molecule has 3 aromatic rings. The average Bonchev–Trinajstić information content (AvgIpc) is 3.60. The number of aromatic nitrogens is 2. The van der Waals surface area contributed by atoms with Gasteiger partial charge in [0, 0.05) is 66.7 Å². The van der Waals surface area contributed by atoms with Crippen molar-refractivity contribution >= 4 is 54.2 Å². The van der Waals surface area contributed by atoms with Crippen LogP contribution in [0.5, 0.6) is 5.75 Å². The second-order valence-electron chi connectivity index (χ2n) is 9.62. The van der Waals surface area contributed by atoms with Gasteiger partial charge in [0.1, 0.15) is 18.1 Å². The number of thioether (sulfide) groups is 1. The fourth-order valence-electron chi connectivity index (χ4n) is 4.77. The van der Waals surface area contributed by atoms with Crippen LogP contribution < -0.4 is 14.0 Å². The maximum atomic E-state index is 13.9. The predicted octanol–water partition coefficient (Wildman–Crippen LogP) is 1.06. The summed E-state index contributed by atoms with van der Waals surface area (Å²) in [6.07, 6.45) is -1.63. The largest absolute Gasteiger partial charge is 0.491 e. The van der Waals surface area contributed by atoms with Crippen molar-refractivity contribution in [1.82, 2.24) is 14.9 Å². The number of benzene rings is 1. The first-order valence-corrected chi connectivity index (χ1v) is 16.9. The maximum absolute atomic E-state index is 13.9. The average molecular weight is 629 g/mol. The molecule has 1 unspecified atom stereocenters. The summed E-state index contributed by atoms with van der Waals surface area (Å²) in [6.45, 7) is 2.64. The number of rotatable bonds is 12. The van der Waals surface area contributed by atoms with Crippen LogP contribution in [0.1, 0.15) is 5.69 Å². The zero-order valence-electron chi connectivity index (χ0n) is 22.4. The summed E-state index contributed by atoms with van der Waals surface area (Å²) < 4.78 is 78.2. The molecule has 41 heavy (non-hydrogen) atoms. The molecule has 2 N–H and O–H groups in total. The number of nitrogens with one attached hydrogen (secondary N) is 2. The Kier molecular flexibility index (Phi) is 9.59. The Hall–Kier alpha value is -2.59. The topological polar surface area (TPSA) is 119 Å². The lowest BCUT2D eigenvalue weighted by molar-refractivity contribution is -0.448. The van der Waals surface area contributed by atoms with Gasteiger partial charge in [-0.1, -0.05) is 6.07 Å². The summed E-state index contributed by atoms with van der Waals surface area (Å²) in [5.41, 5.74) is 1.14. The van der Waals surface area contributed by atoms with Crippen LogP contribution in [0.15, 0.2) is 47.6 Å². The number of ether oxygens (including phenoxy) is 2. The highest BCUT2D eigenvalue weighted by Gasteiger charge is 2.34. The van der Waals surface area contributed by atoms with Crippen molar-refractivity contribution < 1.29 is 35.9 Å². The Morgan fingerprint density at radius 2 is 2.05 bits per heavy atom. The lowest BCUT2D eigenvalue weighted by Crippen LogP contribution is -2.71. The van der Waals surface area contributed by atoms with Crippen molar-refractivity contribution in [2.24, 2.45) is 0 Å². The molecule has 10 nitrogen and oxygen atoms in total. The Bertz CT molecular complexity index is 1510. The molecule has 4 heterocycles. The number of fused-ring (bicyclic) bond motifs is 1. The SMILES string of the molecule is COCCOc1cc(N(CC(F)F)S(=O)(=O)c2ccccn2)c2[nH]c(C3=[NH+]CC(CN4CCS(=O)CC4)S3)cc2c1. The monoisotopic (exact) mass is 628 g/mol. The normalized spacial score (nSPS) is 18.7. The van der Waals surface area contributed by atoms with E-state index >= 15 is 0 Å². The lowest BCUT2D eigenvalue weighted by Gasteiger charge is -2.27. The van der Waals surface area contributed by atoms with Gasteiger partial charge < -0.3 is 19.4 Å². The number of halogens is 2. The van der Waals surface area contributed by atoms with Gasteiger partial charge in [0.2, 0.25) is 0 Å². The number of aromatic amines is 1. The highest BCUT2D eigenvalue weighted by molar-refractivity contribution is 8.14. The molecular formula is C26H32F2N5O5S3+. The Morgan fingerprint density at radius 1 is 1.24 bits per heavy atom. The van der Waals surface area contributed by atoms with E-state index in [1.165, 1.54) is 31.5 Å². The lowest BCUT2D eigenvalue weighted by atomic mass is 10.2. The highest BCUT2D eigenvalue weighted by Crippen LogP contribution is 2.36. The first-order chi connectivity index (χ1) is 19.7. The van der Waals surface area contributed by atoms with Gasteiger partial charge in [-0.3, -0.25) is 8.51 Å². The van der Waals surface area contributed by atoms with Crippen molar-refractivity contribution in [1.29, 1.82) is 0 Å². The van der Waals surface area contributed by atoms with E-state index in [0.29, 0.717) is 39.1 Å². The molecule has 2 aliphatic rings. The zero-order valence-corrected chi connectivity index (χ0v) is 24.9. The summed E-state index contributed by atoms with van der Waals surface area (Å²) in [5, 5.41) is 1.43. The molecule has 0 amide bonds. The van der Waals surface area contributed by atoms with Gasteiger partial charge >= 0.3 is 0 Å². The number of sulfonamides is 1. The number of nitrogens with zero attached hydrogens (tertiary/aromatic N) is 3. The molecule has 1 fully saturated rings. The first-order valence-electron chi connectivity index (χ1n) is 13.1. The van der Waals surface area contributed by atoms with Crippen LogP contribution in [0.25, 0.3) is 10.9 Å². The third-order valence-corrected chi connectivity index (χ3v) is 11.0. The standard InChI is InChI=1S/C26H31F2N5O5S3/c1-37-8-9-38-19-12-18-13-21(26-30-15-20(39-26)16-32-6-10-40(34)11-7-32)31-25(18)22(14-19)33(17-23(27)28)41(35,36)24-4-2-3-5-29-24/h2-5,12-14,20,23,31H,6-11,15-17H2,1H3/p+1. The van der Waals surface area contributed by atoms with Crippen LogP contribution in [0.3, 0.4) is 0 Å². The minimum absolute atomic E-state index is 0.0357. The molecule has 5 rings (SSSR count). The van der Waals surface area contributed by atoms with Crippen LogP contribution >= 0.6 is 11.8 Å². The minimum Gasteiger partial charge on any atom is -0.491 e. The molecular weight excluding hydrogens is 597 g/mol. The number of methoxy groups -OCH3 is 1. The van der Waals surface area contributed by atoms with Crippen LogP contribution in [0.2, 0.25) is 0 Å². The molecule has 15 heteroatoms. The van der Waals surface area contributed by atoms with Gasteiger partial charge in [0.15, 0.2) is 11.6 Å². The first kappa shape index (κ1) is 29.9. The molecule has 2 aromatic heterocycles. The Labute approximate surface area is 244 Å². The van der Waals surface area contributed by atoms with Gasteiger partial charge in [0.05, 0.1) is 29.6 Å². The number of H-pyrrole nitrogens is 1. The molecule has 0 aliphatic carbocycles. The molecule has 0 radical (unpaired) electrons. The maximum Gasteiger partial charge on any atom is 0.282 e. The van der Waals surface area contributed by atoms with E-state index in [1.807, 2.05) is 6.07 Å². The van der Waals surface area contributed by atoms with Gasteiger partial charge in [-0.15, -0.1) is 0 Å². The van der Waals surface area contributed by atoms with E-state index in [2.05, 4.69) is 19.9 Å². The quantitative estimate of drug-likeness (QED) is 0.286. The van der Waals surface area contributed by atoms with E-state index in [-0.39, 0.29) is 22.6 Å². The smallest absolute Gasteiger partial charge is 0.282 e. The van der Waals surface area contributed by atoms with Crippen molar-refractivity contribution in [2.45, 2.75) is 16.7 Å². The van der Waals surface area contributed by atoms with Crippen molar-refractivity contribution in [2.75, 3.05) is 68.9 Å². The van der Waals surface area contributed by atoms with E-state index in [0.717, 1.165) is 36.9 Å². The van der Waals surface area contributed by atoms with Gasteiger partial charge in [-0.05, 0) is 36.0 Å². The number of hydrogen-bond donors (Lipinski definition) is 2. The molecule has 1 saturated heterocycles. The van der Waals surface area contributed by atoms with E-state index in [9.17, 15) is 21.4 Å². The molecule has 1 aromatic carbocycles. The summed E-state index contributed by atoms with van der Waals surface area (Å²) in [7, 11) is -3.64. The number of pyridine rings is 1. The van der Waals surface area contributed by atoms with Crippen LogP contribution in [-0.2, 0) is 25.6 Å². The minimum atomic E-state index is -4.43. The highest BCUT2D eigenvalue weighted by atomic mass is 32.2. The van der Waals surface area contributed by atoms with Crippen molar-refractivity contribution in [3.8, 4) is 5.75 Å². The van der Waals surface area contributed by atoms with Crippen LogP contribution in [-0.4, -0.2) is 109 Å². The third-order valence-electron chi connectivity index (χ3n) is 6.75. The fraction of sp³-hybridized carbons (Fsp3) is 0.462. The number of alkyl halides is 2. The number of anilines is 1. The van der Waals surface area contributed by atoms with Crippen LogP contribution in [0.4, 0.5) is 14.5 Å². The van der Waals surface area contributed by atoms with E-state index in [4.69, 9.17) is 9.47 Å². The summed E-state index contributed by atoms with van der Waals surface area (Å²) in [6, 6.07) is 9.38. The van der Waals surface area contributed by atoms with E-state index < -0.39 is 33.8 Å². The van der Waals surface area contributed by atoms with Gasteiger partial charge in [0.25, 0.3) is 21.5 Å². The van der Waals surface area contributed by atoms with Crippen molar-refractivity contribution in [3.63, 3.8) is 0 Å². The van der Waals surface area contributed by atoms with Gasteiger partial charge in [-0.2, -0.15) is 8.42 Å². The molecule has 222 valence electrons. The Morgan fingerprint density at radius 3 is 2.76 bits per heavy atom. The summed E-state index contributed by atoms with van der Waals surface area (Å²) in [5.74, 6) is 1.71. The predicted molar refractivity (Wildman–Crippen MR) is 156 cm³/mol. The second-order valence-corrected chi connectivity index (χ2v) is 14.4. The molecule has 2 aliphatic heterocycles. The van der Waals surface area contributed by atoms with Gasteiger partial charge in [-0.25, -0.2) is 18.8 Å². The van der Waals surface area contributed by atoms with E-state index in [1.54, 1.807) is 23.9 Å². The summed E-state index contributed by atoms with van der Waals surface area (Å²) >= 11 is 1.67.